The molecular weight excluding hydrogens is 1030 g/mol. The van der Waals surface area contributed by atoms with Crippen LogP contribution in [-0.4, -0.2) is 150 Å². The molecule has 0 radical (unpaired) electrons. The lowest BCUT2D eigenvalue weighted by Gasteiger charge is -2.43. The first kappa shape index (κ1) is 57.7. The summed E-state index contributed by atoms with van der Waals surface area (Å²) >= 11 is 0. The molecule has 5 aliphatic heterocycles. The van der Waals surface area contributed by atoms with Crippen molar-refractivity contribution in [2.24, 2.45) is 11.8 Å². The van der Waals surface area contributed by atoms with Gasteiger partial charge in [-0.15, -0.1) is 0 Å². The molecule has 3 amide bonds. The van der Waals surface area contributed by atoms with Crippen LogP contribution in [0.5, 0.6) is 0 Å². The molecular formula is C59H79F2N7O10Si. The topological polar surface area (TPSA) is 185 Å². The monoisotopic (exact) mass is 1110 g/mol. The molecule has 17 nitrogen and oxygen atoms in total. The summed E-state index contributed by atoms with van der Waals surface area (Å²) in [4.78, 5) is 83.1. The summed E-state index contributed by atoms with van der Waals surface area (Å²) in [6, 6.07) is 18.9. The quantitative estimate of drug-likeness (QED) is 0.0670. The van der Waals surface area contributed by atoms with Crippen molar-refractivity contribution in [3.63, 3.8) is 0 Å². The molecule has 428 valence electrons. The number of amides is 3. The molecule has 0 aliphatic carbocycles. The number of nitrogens with one attached hydrogen (secondary N) is 2. The van der Waals surface area contributed by atoms with Crippen LogP contribution in [0.2, 0.25) is 24.2 Å². The number of rotatable bonds is 19. The van der Waals surface area contributed by atoms with Crippen molar-refractivity contribution in [3.05, 3.63) is 88.7 Å². The minimum absolute atomic E-state index is 0.0444. The number of anilines is 2. The molecule has 0 saturated carbocycles. The molecule has 3 aromatic carbocycles. The van der Waals surface area contributed by atoms with Gasteiger partial charge < -0.3 is 53.6 Å². The van der Waals surface area contributed by atoms with E-state index in [9.17, 15) is 24.0 Å². The second kappa shape index (κ2) is 25.2. The van der Waals surface area contributed by atoms with Gasteiger partial charge in [0, 0.05) is 65.5 Å². The fourth-order valence-corrected chi connectivity index (χ4v) is 18.5. The lowest BCUT2D eigenvalue weighted by Crippen LogP contribution is -2.54. The van der Waals surface area contributed by atoms with Crippen LogP contribution in [0.1, 0.15) is 112 Å². The Morgan fingerprint density at radius 1 is 0.747 bits per heavy atom. The molecule has 5 saturated heterocycles. The Hall–Kier alpha value is -5.96. The zero-order valence-electron chi connectivity index (χ0n) is 46.9. The van der Waals surface area contributed by atoms with Gasteiger partial charge in [-0.3, -0.25) is 19.2 Å². The third-order valence-corrected chi connectivity index (χ3v) is 23.5. The maximum absolute atomic E-state index is 16.8. The highest BCUT2D eigenvalue weighted by atomic mass is 28.3. The first-order valence-corrected chi connectivity index (χ1v) is 31.1. The van der Waals surface area contributed by atoms with E-state index in [1.54, 1.807) is 30.8 Å². The number of benzene rings is 3. The number of imidazole rings is 1. The molecule has 9 rings (SSSR count). The second-order valence-electron chi connectivity index (χ2n) is 22.7. The number of methoxy groups -OCH3 is 5. The molecule has 5 fully saturated rings. The van der Waals surface area contributed by atoms with Crippen molar-refractivity contribution in [2.45, 2.75) is 145 Å². The molecule has 1 spiro atoms. The molecule has 6 heterocycles. The molecule has 0 unspecified atom stereocenters. The Bertz CT molecular complexity index is 2800. The van der Waals surface area contributed by atoms with Crippen molar-refractivity contribution in [2.75, 3.05) is 78.1 Å². The molecule has 1 aromatic heterocycles. The Labute approximate surface area is 463 Å². The van der Waals surface area contributed by atoms with Crippen LogP contribution in [0.3, 0.4) is 0 Å². The summed E-state index contributed by atoms with van der Waals surface area (Å²) in [5.41, 5.74) is 4.50. The number of H-pyrrole nitrogens is 1. The first-order chi connectivity index (χ1) is 38.1. The van der Waals surface area contributed by atoms with E-state index in [0.29, 0.717) is 75.5 Å². The van der Waals surface area contributed by atoms with Crippen molar-refractivity contribution < 1.29 is 56.4 Å². The molecule has 4 aromatic rings. The van der Waals surface area contributed by atoms with Crippen molar-refractivity contribution in [1.29, 1.82) is 0 Å². The van der Waals surface area contributed by atoms with Gasteiger partial charge in [-0.05, 0) is 99.0 Å². The van der Waals surface area contributed by atoms with E-state index >= 15 is 8.78 Å². The van der Waals surface area contributed by atoms with Gasteiger partial charge >= 0.3 is 12.1 Å². The standard InChI is InChI=1S/C59H79F2N7O10Si/c1-36(75-4)43(33-53(70)77-6)57(71)67-34-39(35-74-3)28-51(67)52(69)29-38-13-15-40(16-14-38)48-19-20-49(68(48)42-31-44(60)55(45(61)32-42)65-22-26-79(27-23-65)24-9-8-10-25-79)41-17-18-46-47(30-41)63-56(62-46)50-12-11-21-66(50)58(72)54(37(2)76-5)64-59(73)78-7/h13-18,30-32,36-37,39,43,48-51,54H,8-12,19-29,33-35H2,1-7H3,(H,62,63)(H,64,73)/t36-,37-,39+,43+,48-,49-,50+,51+,54+/m1/s1. The Balaban J connectivity index is 0.993. The minimum atomic E-state index is -1.41. The maximum atomic E-state index is 16.8. The van der Waals surface area contributed by atoms with Gasteiger partial charge in [0.25, 0.3) is 0 Å². The number of aromatic nitrogens is 2. The number of ketones is 1. The number of carbonyl (C=O) groups excluding carboxylic acids is 5. The highest BCUT2D eigenvalue weighted by molar-refractivity contribution is 6.80. The summed E-state index contributed by atoms with van der Waals surface area (Å²) in [5, 5.41) is 2.64. The predicted octanol–water partition coefficient (Wildman–Crippen LogP) is 8.99. The fraction of sp³-hybridized carbons (Fsp3) is 0.593. The zero-order chi connectivity index (χ0) is 56.1. The van der Waals surface area contributed by atoms with Gasteiger partial charge in [0.15, 0.2) is 17.4 Å². The van der Waals surface area contributed by atoms with Crippen LogP contribution in [0.25, 0.3) is 11.0 Å². The number of nitrogens with zero attached hydrogens (tertiary/aromatic N) is 5. The van der Waals surface area contributed by atoms with Crippen LogP contribution >= 0.6 is 0 Å². The van der Waals surface area contributed by atoms with Gasteiger partial charge in [-0.2, -0.15) is 0 Å². The summed E-state index contributed by atoms with van der Waals surface area (Å²) in [6.07, 6.45) is 4.87. The van der Waals surface area contributed by atoms with Gasteiger partial charge in [0.1, 0.15) is 17.6 Å². The number of fused-ring (bicyclic) bond motifs is 1. The highest BCUT2D eigenvalue weighted by Gasteiger charge is 2.45. The fourth-order valence-electron chi connectivity index (χ4n) is 13.5. The van der Waals surface area contributed by atoms with Crippen LogP contribution in [0.15, 0.2) is 54.6 Å². The number of likely N-dealkylation sites (tertiary alicyclic amines) is 2. The average Bonchev–Trinajstić information content (AvgIpc) is 4.50. The van der Waals surface area contributed by atoms with E-state index in [2.05, 4.69) is 15.2 Å². The van der Waals surface area contributed by atoms with E-state index in [1.165, 1.54) is 71.9 Å². The number of halogens is 2. The number of carbonyl (C=O) groups is 5. The highest BCUT2D eigenvalue weighted by Crippen LogP contribution is 2.49. The van der Waals surface area contributed by atoms with Crippen LogP contribution in [-0.2, 0) is 49.3 Å². The van der Waals surface area contributed by atoms with E-state index < -0.39 is 62.0 Å². The first-order valence-electron chi connectivity index (χ1n) is 28.3. The molecule has 20 heteroatoms. The number of hydrogen-bond donors (Lipinski definition) is 2. The van der Waals surface area contributed by atoms with Gasteiger partial charge in [0.05, 0.1) is 88.6 Å². The van der Waals surface area contributed by atoms with Crippen molar-refractivity contribution >= 4 is 60.1 Å². The van der Waals surface area contributed by atoms with Crippen molar-refractivity contribution in [3.8, 4) is 0 Å². The Morgan fingerprint density at radius 2 is 1.42 bits per heavy atom. The third-order valence-electron chi connectivity index (χ3n) is 18.1. The number of aromatic amines is 1. The largest absolute Gasteiger partial charge is 0.469 e. The number of hydrogen-bond acceptors (Lipinski definition) is 13. The van der Waals surface area contributed by atoms with Crippen LogP contribution in [0.4, 0.5) is 25.0 Å². The number of Topliss-reactive ketones (excluding diaryl/α,β-unsaturated/α-hetero) is 1. The molecule has 0 bridgehead atoms. The summed E-state index contributed by atoms with van der Waals surface area (Å²) in [5.74, 6) is -2.79. The lowest BCUT2D eigenvalue weighted by molar-refractivity contribution is -0.152. The van der Waals surface area contributed by atoms with E-state index in [-0.39, 0.29) is 60.2 Å². The number of alkyl carbamates (subject to hydrolysis) is 1. The summed E-state index contributed by atoms with van der Waals surface area (Å²) < 4.78 is 59.9. The van der Waals surface area contributed by atoms with Crippen LogP contribution in [0, 0.1) is 23.5 Å². The number of esters is 1. The molecule has 5 aliphatic rings. The molecule has 9 atom stereocenters. The lowest BCUT2D eigenvalue weighted by atomic mass is 9.95. The second-order valence-corrected chi connectivity index (χ2v) is 27.7. The van der Waals surface area contributed by atoms with E-state index in [4.69, 9.17) is 28.7 Å². The van der Waals surface area contributed by atoms with Gasteiger partial charge in [-0.25, -0.2) is 18.6 Å². The van der Waals surface area contributed by atoms with Crippen LogP contribution < -0.4 is 15.1 Å². The summed E-state index contributed by atoms with van der Waals surface area (Å²) in [6.45, 7) is 5.92. The van der Waals surface area contributed by atoms with E-state index in [0.717, 1.165) is 40.7 Å². The predicted molar refractivity (Wildman–Crippen MR) is 297 cm³/mol. The van der Waals surface area contributed by atoms with Gasteiger partial charge in [-0.1, -0.05) is 61.7 Å². The zero-order valence-corrected chi connectivity index (χ0v) is 47.9. The Morgan fingerprint density at radius 3 is 2.06 bits per heavy atom. The normalized spacial score (nSPS) is 23.7. The summed E-state index contributed by atoms with van der Waals surface area (Å²) in [7, 11) is 5.66. The third kappa shape index (κ3) is 12.4. The maximum Gasteiger partial charge on any atom is 0.407 e. The van der Waals surface area contributed by atoms with Crippen molar-refractivity contribution in [1.82, 2.24) is 25.1 Å². The number of ether oxygens (including phenoxy) is 5. The van der Waals surface area contributed by atoms with E-state index in [1.807, 2.05) is 47.4 Å². The molecule has 2 N–H and O–H groups in total. The minimum Gasteiger partial charge on any atom is -0.469 e. The smallest absolute Gasteiger partial charge is 0.407 e. The Kier molecular flexibility index (Phi) is 18.4. The average molecular weight is 1110 g/mol. The molecule has 79 heavy (non-hydrogen) atoms. The van der Waals surface area contributed by atoms with Gasteiger partial charge in [0.2, 0.25) is 11.8 Å². The SMILES string of the molecule is COC[C@H]1C[C@@H](C(=O)Cc2ccc([C@H]3CC[C@H](c4ccc5nc([C@@H]6CCCN6C(=O)[C@@H](NC(=O)OC)[C@@H](C)OC)[nH]c5c4)N3c3cc(F)c(N4CC[Si]5(CCCCC5)CC4)c(F)c3)cc2)N(C(=O)[C@@H](CC(=O)OC)[C@@H](C)OC)C1.